The minimum absolute atomic E-state index is 0.102. The molecule has 3 aromatic rings. The number of thioether (sulfide) groups is 1. The molecule has 1 atom stereocenters. The summed E-state index contributed by atoms with van der Waals surface area (Å²) < 4.78 is 14.8. The van der Waals surface area contributed by atoms with Gasteiger partial charge in [-0.3, -0.25) is 14.9 Å². The first-order chi connectivity index (χ1) is 13.3. The summed E-state index contributed by atoms with van der Waals surface area (Å²) in [5.74, 6) is -0.113. The monoisotopic (exact) mass is 401 g/mol. The van der Waals surface area contributed by atoms with E-state index < -0.39 is 10.2 Å². The van der Waals surface area contributed by atoms with E-state index in [9.17, 15) is 19.3 Å². The smallest absolute Gasteiger partial charge is 0.271 e. The van der Waals surface area contributed by atoms with Gasteiger partial charge in [-0.05, 0) is 37.3 Å². The zero-order valence-corrected chi connectivity index (χ0v) is 15.8. The predicted molar refractivity (Wildman–Crippen MR) is 103 cm³/mol. The van der Waals surface area contributed by atoms with E-state index in [-0.39, 0.29) is 17.4 Å². The number of hydrogen-bond donors (Lipinski definition) is 1. The molecule has 28 heavy (non-hydrogen) atoms. The van der Waals surface area contributed by atoms with Crippen LogP contribution in [-0.4, -0.2) is 30.8 Å². The Balaban J connectivity index is 1.70. The maximum atomic E-state index is 13.1. The third-order valence-corrected chi connectivity index (χ3v) is 5.05. The van der Waals surface area contributed by atoms with Gasteiger partial charge < -0.3 is 9.88 Å². The topological polar surface area (TPSA) is 103 Å². The van der Waals surface area contributed by atoms with Crippen LogP contribution >= 0.6 is 11.8 Å². The maximum absolute atomic E-state index is 13.1. The highest BCUT2D eigenvalue weighted by Crippen LogP contribution is 2.27. The minimum atomic E-state index is -0.525. The fraction of sp³-hybridized carbons (Fsp3) is 0.167. The first-order valence-corrected chi connectivity index (χ1v) is 9.10. The van der Waals surface area contributed by atoms with Crippen molar-refractivity contribution < 1.29 is 14.1 Å². The first kappa shape index (κ1) is 19.5. The van der Waals surface area contributed by atoms with Crippen molar-refractivity contribution in [1.82, 2.24) is 14.8 Å². The van der Waals surface area contributed by atoms with Gasteiger partial charge in [-0.25, -0.2) is 4.39 Å². The van der Waals surface area contributed by atoms with Gasteiger partial charge in [-0.15, -0.1) is 10.2 Å². The molecule has 1 unspecified atom stereocenters. The number of benzene rings is 2. The number of nitrogens with zero attached hydrogens (tertiary/aromatic N) is 4. The van der Waals surface area contributed by atoms with Gasteiger partial charge in [0.1, 0.15) is 5.82 Å². The lowest BCUT2D eigenvalue weighted by molar-refractivity contribution is -0.384. The van der Waals surface area contributed by atoms with Gasteiger partial charge in [0.2, 0.25) is 5.91 Å². The van der Waals surface area contributed by atoms with Crippen LogP contribution in [0, 0.1) is 15.9 Å². The van der Waals surface area contributed by atoms with E-state index in [1.807, 2.05) is 0 Å². The molecule has 0 aliphatic carbocycles. The van der Waals surface area contributed by atoms with Gasteiger partial charge in [-0.2, -0.15) is 0 Å². The van der Waals surface area contributed by atoms with Crippen molar-refractivity contribution in [2.24, 2.45) is 7.05 Å². The average molecular weight is 401 g/mol. The third-order valence-electron chi connectivity index (χ3n) is 3.91. The van der Waals surface area contributed by atoms with E-state index in [0.29, 0.717) is 22.2 Å². The largest absolute Gasteiger partial charge is 0.325 e. The number of nitro benzene ring substituents is 1. The fourth-order valence-corrected chi connectivity index (χ4v) is 3.24. The molecule has 144 valence electrons. The van der Waals surface area contributed by atoms with Crippen LogP contribution in [0.3, 0.4) is 0 Å². The van der Waals surface area contributed by atoms with Gasteiger partial charge in [0.15, 0.2) is 11.0 Å². The molecule has 0 saturated carbocycles. The van der Waals surface area contributed by atoms with E-state index >= 15 is 0 Å². The molecule has 0 fully saturated rings. The molecule has 0 saturated heterocycles. The second kappa shape index (κ2) is 8.17. The number of nitro groups is 1. The summed E-state index contributed by atoms with van der Waals surface area (Å²) in [6, 6.07) is 11.6. The van der Waals surface area contributed by atoms with Crippen LogP contribution in [0.25, 0.3) is 11.4 Å². The quantitative estimate of drug-likeness (QED) is 0.384. The average Bonchev–Trinajstić information content (AvgIpc) is 3.03. The Morgan fingerprint density at radius 2 is 1.96 bits per heavy atom. The van der Waals surface area contributed by atoms with Gasteiger partial charge in [0.25, 0.3) is 5.69 Å². The van der Waals surface area contributed by atoms with Crippen molar-refractivity contribution in [3.8, 4) is 11.4 Å². The van der Waals surface area contributed by atoms with Gasteiger partial charge in [0, 0.05) is 30.4 Å². The van der Waals surface area contributed by atoms with E-state index in [0.717, 1.165) is 0 Å². The summed E-state index contributed by atoms with van der Waals surface area (Å²) in [4.78, 5) is 22.7. The minimum Gasteiger partial charge on any atom is -0.325 e. The lowest BCUT2D eigenvalue weighted by atomic mass is 10.2. The molecule has 8 nitrogen and oxygen atoms in total. The zero-order chi connectivity index (χ0) is 20.3. The first-order valence-electron chi connectivity index (χ1n) is 8.22. The molecule has 1 heterocycles. The highest BCUT2D eigenvalue weighted by Gasteiger charge is 2.20. The molecule has 3 rings (SSSR count). The summed E-state index contributed by atoms with van der Waals surface area (Å²) in [6.45, 7) is 1.70. The Hall–Kier alpha value is -3.27. The summed E-state index contributed by atoms with van der Waals surface area (Å²) in [7, 11) is 1.76. The van der Waals surface area contributed by atoms with Crippen molar-refractivity contribution in [2.75, 3.05) is 5.32 Å². The van der Waals surface area contributed by atoms with Gasteiger partial charge in [0.05, 0.1) is 10.2 Å². The van der Waals surface area contributed by atoms with Gasteiger partial charge in [-0.1, -0.05) is 17.8 Å². The number of aromatic nitrogens is 3. The van der Waals surface area contributed by atoms with Crippen molar-refractivity contribution in [3.63, 3.8) is 0 Å². The van der Waals surface area contributed by atoms with Crippen LogP contribution in [0.4, 0.5) is 15.8 Å². The molecule has 2 aromatic carbocycles. The molecule has 1 N–H and O–H groups in total. The third kappa shape index (κ3) is 4.34. The molecule has 1 aromatic heterocycles. The Morgan fingerprint density at radius 3 is 2.64 bits per heavy atom. The van der Waals surface area contributed by atoms with Crippen molar-refractivity contribution in [3.05, 3.63) is 64.5 Å². The standard InChI is InChI=1S/C18H16FN5O3S/c1-11(17(25)20-14-4-3-5-15(10-14)24(26)27)28-18-22-21-16(23(18)2)12-6-8-13(19)9-7-12/h3-11H,1-2H3,(H,20,25). The molecule has 0 radical (unpaired) electrons. The maximum Gasteiger partial charge on any atom is 0.271 e. The molecule has 10 heteroatoms. The Morgan fingerprint density at radius 1 is 1.25 bits per heavy atom. The molecular weight excluding hydrogens is 385 g/mol. The highest BCUT2D eigenvalue weighted by molar-refractivity contribution is 8.00. The Kier molecular flexibility index (Phi) is 5.69. The Labute approximate surface area is 163 Å². The second-order valence-electron chi connectivity index (χ2n) is 5.93. The summed E-state index contributed by atoms with van der Waals surface area (Å²) >= 11 is 1.20. The number of amides is 1. The van der Waals surface area contributed by atoms with E-state index in [2.05, 4.69) is 15.5 Å². The number of hydrogen-bond acceptors (Lipinski definition) is 6. The molecule has 1 amide bonds. The normalized spacial score (nSPS) is 11.8. The van der Waals surface area contributed by atoms with Crippen LogP contribution in [0.5, 0.6) is 0 Å². The number of carbonyl (C=O) groups excluding carboxylic acids is 1. The molecule has 0 aliphatic rings. The van der Waals surface area contributed by atoms with Crippen LogP contribution in [0.2, 0.25) is 0 Å². The molecule has 0 aliphatic heterocycles. The van der Waals surface area contributed by atoms with Crippen LogP contribution in [-0.2, 0) is 11.8 Å². The van der Waals surface area contributed by atoms with E-state index in [1.165, 1.54) is 42.1 Å². The SMILES string of the molecule is CC(Sc1nnc(-c2ccc(F)cc2)n1C)C(=O)Nc1cccc([N+](=O)[O-])c1. The fourth-order valence-electron chi connectivity index (χ4n) is 2.42. The highest BCUT2D eigenvalue weighted by atomic mass is 32.2. The summed E-state index contributed by atoms with van der Waals surface area (Å²) in [5, 5.41) is 21.7. The number of anilines is 1. The number of carbonyl (C=O) groups is 1. The van der Waals surface area contributed by atoms with Crippen LogP contribution in [0.1, 0.15) is 6.92 Å². The number of halogens is 1. The van der Waals surface area contributed by atoms with Crippen molar-refractivity contribution >= 4 is 29.0 Å². The lowest BCUT2D eigenvalue weighted by Gasteiger charge is -2.11. The van der Waals surface area contributed by atoms with E-state index in [1.54, 1.807) is 36.7 Å². The van der Waals surface area contributed by atoms with E-state index in [4.69, 9.17) is 0 Å². The molecule has 0 bridgehead atoms. The lowest BCUT2D eigenvalue weighted by Crippen LogP contribution is -2.22. The predicted octanol–water partition coefficient (Wildman–Crippen LogP) is 3.65. The van der Waals surface area contributed by atoms with Crippen molar-refractivity contribution in [2.45, 2.75) is 17.3 Å². The van der Waals surface area contributed by atoms with Gasteiger partial charge >= 0.3 is 0 Å². The summed E-state index contributed by atoms with van der Waals surface area (Å²) in [5.41, 5.74) is 0.948. The van der Waals surface area contributed by atoms with Crippen molar-refractivity contribution in [1.29, 1.82) is 0 Å². The summed E-state index contributed by atoms with van der Waals surface area (Å²) in [6.07, 6.45) is 0. The number of non-ortho nitro benzene ring substituents is 1. The number of nitrogens with one attached hydrogen (secondary N) is 1. The zero-order valence-electron chi connectivity index (χ0n) is 15.0. The van der Waals surface area contributed by atoms with Crippen LogP contribution < -0.4 is 5.32 Å². The Bertz CT molecular complexity index is 1020. The van der Waals surface area contributed by atoms with Crippen LogP contribution in [0.15, 0.2) is 53.7 Å². The second-order valence-corrected chi connectivity index (χ2v) is 7.24. The molecular formula is C18H16FN5O3S. The number of rotatable bonds is 6. The molecule has 0 spiro atoms.